The molecule has 0 aliphatic rings. The zero-order valence-corrected chi connectivity index (χ0v) is 8.56. The summed E-state index contributed by atoms with van der Waals surface area (Å²) in [4.78, 5) is 24.5. The number of nitrogens with two attached hydrogens (primary N) is 1. The molecule has 0 saturated heterocycles. The summed E-state index contributed by atoms with van der Waals surface area (Å²) >= 11 is 0. The summed E-state index contributed by atoms with van der Waals surface area (Å²) in [7, 11) is 0. The maximum absolute atomic E-state index is 11.3. The Hall–Kier alpha value is -1.40. The van der Waals surface area contributed by atoms with Crippen LogP contribution >= 0.6 is 0 Å². The topological polar surface area (TPSA) is 101 Å². The van der Waals surface area contributed by atoms with Crippen LogP contribution in [0.15, 0.2) is 15.8 Å². The lowest BCUT2D eigenvalue weighted by Crippen LogP contribution is -2.33. The third-order valence-corrected chi connectivity index (χ3v) is 2.16. The van der Waals surface area contributed by atoms with Crippen molar-refractivity contribution in [2.75, 3.05) is 6.61 Å². The van der Waals surface area contributed by atoms with E-state index in [0.29, 0.717) is 18.5 Å². The molecule has 4 N–H and O–H groups in total. The summed E-state index contributed by atoms with van der Waals surface area (Å²) in [5, 5.41) is 8.71. The van der Waals surface area contributed by atoms with Gasteiger partial charge < -0.3 is 15.4 Å². The first-order chi connectivity index (χ1) is 7.04. The molecule has 1 atom stereocenters. The van der Waals surface area contributed by atoms with Gasteiger partial charge in [-0.15, -0.1) is 0 Å². The molecule has 6 heteroatoms. The maximum atomic E-state index is 11.3. The SMILES string of the molecule is Cc1cn(CCC(N)CO)c(=O)[nH]c1=O. The summed E-state index contributed by atoms with van der Waals surface area (Å²) in [5.41, 5.74) is 5.16. The largest absolute Gasteiger partial charge is 0.395 e. The van der Waals surface area contributed by atoms with Crippen molar-refractivity contribution in [1.82, 2.24) is 9.55 Å². The molecule has 1 rings (SSSR count). The molecule has 0 aliphatic heterocycles. The van der Waals surface area contributed by atoms with Gasteiger partial charge in [-0.1, -0.05) is 0 Å². The average Bonchev–Trinajstić information content (AvgIpc) is 2.21. The van der Waals surface area contributed by atoms with E-state index in [0.717, 1.165) is 0 Å². The first-order valence-corrected chi connectivity index (χ1v) is 4.71. The van der Waals surface area contributed by atoms with Crippen molar-refractivity contribution in [3.05, 3.63) is 32.6 Å². The second kappa shape index (κ2) is 4.90. The minimum absolute atomic E-state index is 0.114. The van der Waals surface area contributed by atoms with E-state index < -0.39 is 5.69 Å². The fraction of sp³-hybridized carbons (Fsp3) is 0.556. The fourth-order valence-corrected chi connectivity index (χ4v) is 1.18. The third-order valence-electron chi connectivity index (χ3n) is 2.16. The van der Waals surface area contributed by atoms with Crippen LogP contribution in [0.1, 0.15) is 12.0 Å². The van der Waals surface area contributed by atoms with Gasteiger partial charge in [0.2, 0.25) is 0 Å². The molecule has 6 nitrogen and oxygen atoms in total. The van der Waals surface area contributed by atoms with Crippen molar-refractivity contribution < 1.29 is 5.11 Å². The summed E-state index contributed by atoms with van der Waals surface area (Å²) in [5.74, 6) is 0. The zero-order valence-electron chi connectivity index (χ0n) is 8.56. The molecular weight excluding hydrogens is 198 g/mol. The van der Waals surface area contributed by atoms with E-state index in [1.807, 2.05) is 0 Å². The van der Waals surface area contributed by atoms with Crippen LogP contribution in [0, 0.1) is 6.92 Å². The van der Waals surface area contributed by atoms with E-state index >= 15 is 0 Å². The Morgan fingerprint density at radius 1 is 1.60 bits per heavy atom. The highest BCUT2D eigenvalue weighted by atomic mass is 16.3. The number of aliphatic hydroxyl groups is 1. The molecule has 0 amide bonds. The van der Waals surface area contributed by atoms with Crippen LogP contribution in [-0.2, 0) is 6.54 Å². The van der Waals surface area contributed by atoms with Gasteiger partial charge in [0.1, 0.15) is 0 Å². The van der Waals surface area contributed by atoms with Crippen LogP contribution in [0.2, 0.25) is 0 Å². The van der Waals surface area contributed by atoms with Gasteiger partial charge in [0.15, 0.2) is 0 Å². The average molecular weight is 213 g/mol. The van der Waals surface area contributed by atoms with Gasteiger partial charge >= 0.3 is 5.69 Å². The Bertz CT molecular complexity index is 435. The second-order valence-corrected chi connectivity index (χ2v) is 3.50. The first-order valence-electron chi connectivity index (χ1n) is 4.71. The lowest BCUT2D eigenvalue weighted by atomic mass is 10.2. The minimum atomic E-state index is -0.448. The molecule has 1 aromatic heterocycles. The molecule has 0 radical (unpaired) electrons. The van der Waals surface area contributed by atoms with Gasteiger partial charge in [-0.25, -0.2) is 4.79 Å². The number of H-pyrrole nitrogens is 1. The minimum Gasteiger partial charge on any atom is -0.395 e. The number of nitrogens with one attached hydrogen (secondary N) is 1. The van der Waals surface area contributed by atoms with E-state index in [2.05, 4.69) is 4.98 Å². The Labute approximate surface area is 86.4 Å². The van der Waals surface area contributed by atoms with Crippen molar-refractivity contribution in [1.29, 1.82) is 0 Å². The number of hydrogen-bond donors (Lipinski definition) is 3. The van der Waals surface area contributed by atoms with Crippen LogP contribution < -0.4 is 17.0 Å². The van der Waals surface area contributed by atoms with Gasteiger partial charge in [0.05, 0.1) is 6.61 Å². The van der Waals surface area contributed by atoms with Crippen molar-refractivity contribution >= 4 is 0 Å². The molecule has 1 heterocycles. The highest BCUT2D eigenvalue weighted by Crippen LogP contribution is 1.91. The van der Waals surface area contributed by atoms with Crippen LogP contribution in [0.5, 0.6) is 0 Å². The lowest BCUT2D eigenvalue weighted by molar-refractivity contribution is 0.255. The Morgan fingerprint density at radius 3 is 2.87 bits per heavy atom. The maximum Gasteiger partial charge on any atom is 0.328 e. The third kappa shape index (κ3) is 3.03. The number of nitrogens with zero attached hydrogens (tertiary/aromatic N) is 1. The van der Waals surface area contributed by atoms with Crippen LogP contribution in [-0.4, -0.2) is 27.3 Å². The predicted molar refractivity (Wildman–Crippen MR) is 55.7 cm³/mol. The highest BCUT2D eigenvalue weighted by molar-refractivity contribution is 5.00. The Morgan fingerprint density at radius 2 is 2.27 bits per heavy atom. The van der Waals surface area contributed by atoms with Crippen LogP contribution in [0.3, 0.4) is 0 Å². The number of hydrogen-bond acceptors (Lipinski definition) is 4. The number of rotatable bonds is 4. The van der Waals surface area contributed by atoms with Crippen molar-refractivity contribution in [3.63, 3.8) is 0 Å². The van der Waals surface area contributed by atoms with E-state index in [-0.39, 0.29) is 18.2 Å². The molecule has 1 aromatic rings. The Balaban J connectivity index is 2.82. The molecule has 1 unspecified atom stereocenters. The summed E-state index contributed by atoms with van der Waals surface area (Å²) < 4.78 is 1.38. The van der Waals surface area contributed by atoms with Crippen molar-refractivity contribution in [2.24, 2.45) is 5.73 Å². The molecule has 0 bridgehead atoms. The van der Waals surface area contributed by atoms with E-state index in [1.54, 1.807) is 6.92 Å². The number of aliphatic hydroxyl groups excluding tert-OH is 1. The first kappa shape index (κ1) is 11.7. The lowest BCUT2D eigenvalue weighted by Gasteiger charge is -2.09. The van der Waals surface area contributed by atoms with E-state index in [9.17, 15) is 9.59 Å². The molecular formula is C9H15N3O3. The molecule has 0 fully saturated rings. The summed E-state index contributed by atoms with van der Waals surface area (Å²) in [6, 6.07) is -0.343. The number of aromatic amines is 1. The summed E-state index contributed by atoms with van der Waals surface area (Å²) in [6.07, 6.45) is 1.98. The van der Waals surface area contributed by atoms with Crippen LogP contribution in [0.25, 0.3) is 0 Å². The molecule has 0 aromatic carbocycles. The highest BCUT2D eigenvalue weighted by Gasteiger charge is 2.03. The molecule has 0 spiro atoms. The van der Waals surface area contributed by atoms with Gasteiger partial charge in [-0.3, -0.25) is 9.78 Å². The standard InChI is InChI=1S/C9H15N3O3/c1-6-4-12(3-2-7(10)5-13)9(15)11-8(6)14/h4,7,13H,2-3,5,10H2,1H3,(H,11,14,15). The predicted octanol–water partition coefficient (Wildman–Crippen LogP) is -1.45. The molecule has 0 aliphatic carbocycles. The monoisotopic (exact) mass is 213 g/mol. The normalized spacial score (nSPS) is 12.7. The number of aromatic nitrogens is 2. The van der Waals surface area contributed by atoms with Crippen molar-refractivity contribution in [3.8, 4) is 0 Å². The van der Waals surface area contributed by atoms with Gasteiger partial charge in [0.25, 0.3) is 5.56 Å². The molecule has 15 heavy (non-hydrogen) atoms. The van der Waals surface area contributed by atoms with Gasteiger partial charge in [0, 0.05) is 24.3 Å². The number of aryl methyl sites for hydroxylation is 2. The molecule has 0 saturated carbocycles. The quantitative estimate of drug-likeness (QED) is 0.569. The summed E-state index contributed by atoms with van der Waals surface area (Å²) in [6.45, 7) is 1.90. The van der Waals surface area contributed by atoms with E-state index in [1.165, 1.54) is 10.8 Å². The Kier molecular flexibility index (Phi) is 3.81. The van der Waals surface area contributed by atoms with E-state index in [4.69, 9.17) is 10.8 Å². The smallest absolute Gasteiger partial charge is 0.328 e. The van der Waals surface area contributed by atoms with Crippen molar-refractivity contribution in [2.45, 2.75) is 25.9 Å². The van der Waals surface area contributed by atoms with Gasteiger partial charge in [-0.2, -0.15) is 0 Å². The van der Waals surface area contributed by atoms with Crippen LogP contribution in [0.4, 0.5) is 0 Å². The zero-order chi connectivity index (χ0) is 11.4. The van der Waals surface area contributed by atoms with Gasteiger partial charge in [-0.05, 0) is 13.3 Å². The molecule has 84 valence electrons. The fourth-order valence-electron chi connectivity index (χ4n) is 1.18. The second-order valence-electron chi connectivity index (χ2n) is 3.50.